The number of hydrogen-bond acceptors (Lipinski definition) is 3. The van der Waals surface area contributed by atoms with Gasteiger partial charge >= 0.3 is 0 Å². The average Bonchev–Trinajstić information content (AvgIpc) is 2.49. The molecule has 0 aliphatic heterocycles. The van der Waals surface area contributed by atoms with Crippen LogP contribution in [0.25, 0.3) is 10.9 Å². The van der Waals surface area contributed by atoms with E-state index in [-0.39, 0.29) is 0 Å². The van der Waals surface area contributed by atoms with Crippen molar-refractivity contribution in [3.63, 3.8) is 0 Å². The molecule has 0 aliphatic carbocycles. The molecule has 0 atom stereocenters. The molecule has 0 bridgehead atoms. The second kappa shape index (κ2) is 5.77. The lowest BCUT2D eigenvalue weighted by atomic mass is 10.1. The van der Waals surface area contributed by atoms with Crippen LogP contribution in [0.1, 0.15) is 5.56 Å². The first-order chi connectivity index (χ1) is 9.74. The molecule has 0 saturated heterocycles. The van der Waals surface area contributed by atoms with E-state index in [1.807, 2.05) is 36.4 Å². The van der Waals surface area contributed by atoms with Crippen LogP contribution >= 0.6 is 27.5 Å². The highest BCUT2D eigenvalue weighted by Crippen LogP contribution is 2.25. The fourth-order valence-corrected chi connectivity index (χ4v) is 2.47. The molecule has 0 saturated carbocycles. The van der Waals surface area contributed by atoms with Gasteiger partial charge in [-0.3, -0.25) is 4.98 Å². The molecule has 0 fully saturated rings. The summed E-state index contributed by atoms with van der Waals surface area (Å²) in [6.07, 6.45) is 3.57. The minimum absolute atomic E-state index is 0.675. The van der Waals surface area contributed by atoms with Gasteiger partial charge in [-0.15, -0.1) is 0 Å². The summed E-state index contributed by atoms with van der Waals surface area (Å²) in [6.45, 7) is 0.675. The van der Waals surface area contributed by atoms with Crippen molar-refractivity contribution in [2.24, 2.45) is 0 Å². The number of halogens is 2. The van der Waals surface area contributed by atoms with Crippen LogP contribution in [0.15, 0.2) is 53.4 Å². The van der Waals surface area contributed by atoms with Crippen LogP contribution in [0.3, 0.4) is 0 Å². The maximum absolute atomic E-state index is 6.19. The first-order valence-corrected chi connectivity index (χ1v) is 7.29. The van der Waals surface area contributed by atoms with Crippen LogP contribution in [-0.2, 0) is 6.54 Å². The molecule has 3 aromatic rings. The lowest BCUT2D eigenvalue weighted by molar-refractivity contribution is 1.14. The Kier molecular flexibility index (Phi) is 3.85. The Hall–Kier alpha value is -1.65. The third-order valence-electron chi connectivity index (χ3n) is 3.01. The van der Waals surface area contributed by atoms with Crippen molar-refractivity contribution in [3.05, 3.63) is 64.0 Å². The lowest BCUT2D eigenvalue weighted by Crippen LogP contribution is -2.01. The second-order valence-corrected chi connectivity index (χ2v) is 5.55. The van der Waals surface area contributed by atoms with Crippen molar-refractivity contribution in [2.75, 3.05) is 5.32 Å². The molecule has 0 unspecified atom stereocenters. The Morgan fingerprint density at radius 2 is 2.00 bits per heavy atom. The van der Waals surface area contributed by atoms with E-state index in [0.717, 1.165) is 31.8 Å². The summed E-state index contributed by atoms with van der Waals surface area (Å²) >= 11 is 9.51. The number of nitrogens with one attached hydrogen (secondary N) is 1. The Labute approximate surface area is 130 Å². The van der Waals surface area contributed by atoms with Crippen LogP contribution < -0.4 is 5.32 Å². The van der Waals surface area contributed by atoms with Gasteiger partial charge in [0.15, 0.2) is 0 Å². The number of benzene rings is 1. The zero-order valence-corrected chi connectivity index (χ0v) is 12.8. The summed E-state index contributed by atoms with van der Waals surface area (Å²) in [4.78, 5) is 8.61. The van der Waals surface area contributed by atoms with Crippen LogP contribution in [0.4, 0.5) is 5.69 Å². The lowest BCUT2D eigenvalue weighted by Gasteiger charge is -2.09. The minimum Gasteiger partial charge on any atom is -0.380 e. The number of pyridine rings is 2. The number of nitrogens with zero attached hydrogens (tertiary/aromatic N) is 2. The van der Waals surface area contributed by atoms with Gasteiger partial charge in [0.25, 0.3) is 0 Å². The highest BCUT2D eigenvalue weighted by molar-refractivity contribution is 9.10. The molecule has 0 spiro atoms. The average molecular weight is 349 g/mol. The van der Waals surface area contributed by atoms with Gasteiger partial charge in [0, 0.05) is 23.2 Å². The van der Waals surface area contributed by atoms with E-state index in [1.165, 1.54) is 0 Å². The molecular weight excluding hydrogens is 338 g/mol. The number of hydrogen-bond donors (Lipinski definition) is 1. The van der Waals surface area contributed by atoms with E-state index < -0.39 is 0 Å². The minimum atomic E-state index is 0.675. The summed E-state index contributed by atoms with van der Waals surface area (Å²) in [7, 11) is 0. The second-order valence-electron chi connectivity index (χ2n) is 4.33. The summed E-state index contributed by atoms with van der Waals surface area (Å²) in [5.74, 6) is 0. The molecule has 100 valence electrons. The summed E-state index contributed by atoms with van der Waals surface area (Å²) in [5.41, 5.74) is 3.00. The highest BCUT2D eigenvalue weighted by Gasteiger charge is 2.05. The molecule has 1 N–H and O–H groups in total. The molecule has 1 aromatic carbocycles. The third kappa shape index (κ3) is 2.76. The molecule has 0 amide bonds. The van der Waals surface area contributed by atoms with Crippen molar-refractivity contribution in [3.8, 4) is 0 Å². The standard InChI is InChI=1S/C15H11BrClN3/c16-14-6-4-11(9-20-14)19-8-10-3-5-13(17)12-2-1-7-18-15(10)12/h1-7,9,19H,8H2. The normalized spacial score (nSPS) is 10.7. The largest absolute Gasteiger partial charge is 0.380 e. The highest BCUT2D eigenvalue weighted by atomic mass is 79.9. The van der Waals surface area contributed by atoms with E-state index in [2.05, 4.69) is 31.2 Å². The molecule has 3 nitrogen and oxygen atoms in total. The van der Waals surface area contributed by atoms with Gasteiger partial charge in [0.05, 0.1) is 17.4 Å². The summed E-state index contributed by atoms with van der Waals surface area (Å²) in [6, 6.07) is 11.7. The van der Waals surface area contributed by atoms with Crippen molar-refractivity contribution < 1.29 is 0 Å². The van der Waals surface area contributed by atoms with Crippen molar-refractivity contribution in [1.29, 1.82) is 0 Å². The maximum atomic E-state index is 6.19. The van der Waals surface area contributed by atoms with Gasteiger partial charge in [-0.1, -0.05) is 17.7 Å². The molecule has 20 heavy (non-hydrogen) atoms. The van der Waals surface area contributed by atoms with E-state index in [1.54, 1.807) is 12.4 Å². The predicted octanol–water partition coefficient (Wildman–Crippen LogP) is 4.66. The molecule has 0 aliphatic rings. The predicted molar refractivity (Wildman–Crippen MR) is 86.0 cm³/mol. The van der Waals surface area contributed by atoms with Crippen molar-refractivity contribution >= 4 is 44.1 Å². The van der Waals surface area contributed by atoms with Gasteiger partial charge in [-0.2, -0.15) is 0 Å². The van der Waals surface area contributed by atoms with E-state index in [9.17, 15) is 0 Å². The van der Waals surface area contributed by atoms with Crippen LogP contribution in [-0.4, -0.2) is 9.97 Å². The van der Waals surface area contributed by atoms with Crippen LogP contribution in [0.5, 0.6) is 0 Å². The number of fused-ring (bicyclic) bond motifs is 1. The molecule has 0 radical (unpaired) electrons. The zero-order valence-electron chi connectivity index (χ0n) is 10.5. The SMILES string of the molecule is Clc1ccc(CNc2ccc(Br)nc2)c2ncccc12. The molecule has 5 heteroatoms. The zero-order chi connectivity index (χ0) is 13.9. The van der Waals surface area contributed by atoms with Crippen LogP contribution in [0.2, 0.25) is 5.02 Å². The van der Waals surface area contributed by atoms with Crippen molar-refractivity contribution in [1.82, 2.24) is 9.97 Å². The fourth-order valence-electron chi connectivity index (χ4n) is 2.02. The summed E-state index contributed by atoms with van der Waals surface area (Å²) < 4.78 is 0.821. The Morgan fingerprint density at radius 1 is 1.10 bits per heavy atom. The van der Waals surface area contributed by atoms with Crippen molar-refractivity contribution in [2.45, 2.75) is 6.54 Å². The molecule has 2 aromatic heterocycles. The first-order valence-electron chi connectivity index (χ1n) is 6.11. The van der Waals surface area contributed by atoms with Gasteiger partial charge < -0.3 is 5.32 Å². The topological polar surface area (TPSA) is 37.8 Å². The monoisotopic (exact) mass is 347 g/mol. The molecular formula is C15H11BrClN3. The first kappa shape index (κ1) is 13.3. The Balaban J connectivity index is 1.88. The quantitative estimate of drug-likeness (QED) is 0.700. The van der Waals surface area contributed by atoms with E-state index in [4.69, 9.17) is 11.6 Å². The van der Waals surface area contributed by atoms with E-state index >= 15 is 0 Å². The number of rotatable bonds is 3. The molecule has 3 rings (SSSR count). The number of anilines is 1. The third-order valence-corrected chi connectivity index (χ3v) is 3.81. The maximum Gasteiger partial charge on any atom is 0.106 e. The summed E-state index contributed by atoms with van der Waals surface area (Å²) in [5, 5.41) is 5.03. The van der Waals surface area contributed by atoms with Gasteiger partial charge in [-0.25, -0.2) is 4.98 Å². The van der Waals surface area contributed by atoms with Crippen LogP contribution in [0, 0.1) is 0 Å². The van der Waals surface area contributed by atoms with Gasteiger partial charge in [0.1, 0.15) is 4.60 Å². The number of aromatic nitrogens is 2. The Morgan fingerprint density at radius 3 is 2.80 bits per heavy atom. The van der Waals surface area contributed by atoms with Gasteiger partial charge in [-0.05, 0) is 51.8 Å². The van der Waals surface area contributed by atoms with E-state index in [0.29, 0.717) is 6.54 Å². The van der Waals surface area contributed by atoms with Gasteiger partial charge in [0.2, 0.25) is 0 Å². The molecule has 2 heterocycles. The smallest absolute Gasteiger partial charge is 0.106 e. The Bertz CT molecular complexity index is 744. The fraction of sp³-hybridized carbons (Fsp3) is 0.0667.